The zero-order chi connectivity index (χ0) is 28.4. The maximum Gasteiger partial charge on any atom is 0.408 e. The summed E-state index contributed by atoms with van der Waals surface area (Å²) in [7, 11) is 0. The van der Waals surface area contributed by atoms with Crippen molar-refractivity contribution in [1.82, 2.24) is 16.0 Å². The Bertz CT molecular complexity index is 1110. The number of hydrogen-bond donors (Lipinski definition) is 4. The number of carboxylic acid groups (broad SMARTS) is 1. The van der Waals surface area contributed by atoms with E-state index in [1.54, 1.807) is 51.1 Å². The number of alkyl carbamates (subject to hydrolysis) is 1. The van der Waals surface area contributed by atoms with Gasteiger partial charge in [-0.2, -0.15) is 0 Å². The summed E-state index contributed by atoms with van der Waals surface area (Å²) in [6, 6.07) is 16.2. The molecule has 0 saturated heterocycles. The normalized spacial score (nSPS) is 18.7. The fourth-order valence-electron chi connectivity index (χ4n) is 4.70. The Labute approximate surface area is 229 Å². The highest BCUT2D eigenvalue weighted by atomic mass is 16.6. The first-order valence-corrected chi connectivity index (χ1v) is 13.4. The van der Waals surface area contributed by atoms with Gasteiger partial charge in [-0.1, -0.05) is 60.7 Å². The van der Waals surface area contributed by atoms with Gasteiger partial charge in [-0.15, -0.1) is 0 Å². The van der Waals surface area contributed by atoms with Gasteiger partial charge in [0.15, 0.2) is 6.04 Å². The maximum atomic E-state index is 13.1. The van der Waals surface area contributed by atoms with Crippen LogP contribution < -0.4 is 16.0 Å². The molecule has 3 amide bonds. The van der Waals surface area contributed by atoms with Crippen molar-refractivity contribution in [2.24, 2.45) is 11.8 Å². The highest BCUT2D eigenvalue weighted by molar-refractivity contribution is 5.86. The fraction of sp³-hybridized carbons (Fsp3) is 0.467. The highest BCUT2D eigenvalue weighted by Crippen LogP contribution is 2.29. The number of carbonyl (C=O) groups is 4. The third-order valence-electron chi connectivity index (χ3n) is 6.74. The maximum absolute atomic E-state index is 13.1. The van der Waals surface area contributed by atoms with Crippen LogP contribution in [0, 0.1) is 11.8 Å². The zero-order valence-corrected chi connectivity index (χ0v) is 22.8. The van der Waals surface area contributed by atoms with Crippen molar-refractivity contribution in [1.29, 1.82) is 0 Å². The molecule has 0 aliphatic heterocycles. The number of carboxylic acids is 1. The highest BCUT2D eigenvalue weighted by Gasteiger charge is 2.31. The van der Waals surface area contributed by atoms with Gasteiger partial charge >= 0.3 is 12.1 Å². The summed E-state index contributed by atoms with van der Waals surface area (Å²) in [5.41, 5.74) is 0.754. The largest absolute Gasteiger partial charge is 0.479 e. The van der Waals surface area contributed by atoms with E-state index in [0.717, 1.165) is 18.4 Å². The van der Waals surface area contributed by atoms with Crippen molar-refractivity contribution in [3.05, 3.63) is 71.8 Å². The second-order valence-electron chi connectivity index (χ2n) is 11.0. The Morgan fingerprint density at radius 2 is 1.49 bits per heavy atom. The topological polar surface area (TPSA) is 134 Å². The van der Waals surface area contributed by atoms with Crippen molar-refractivity contribution >= 4 is 23.9 Å². The van der Waals surface area contributed by atoms with E-state index >= 15 is 0 Å². The molecule has 2 atom stereocenters. The van der Waals surface area contributed by atoms with E-state index in [9.17, 15) is 24.3 Å². The van der Waals surface area contributed by atoms with Gasteiger partial charge in [-0.05, 0) is 63.5 Å². The number of rotatable bonds is 10. The molecule has 1 fully saturated rings. The molecule has 4 N–H and O–H groups in total. The minimum atomic E-state index is -1.10. The van der Waals surface area contributed by atoms with Crippen LogP contribution in [0.1, 0.15) is 63.6 Å². The van der Waals surface area contributed by atoms with Crippen LogP contribution in [0.5, 0.6) is 0 Å². The molecule has 1 aliphatic carbocycles. The van der Waals surface area contributed by atoms with Gasteiger partial charge in [0.1, 0.15) is 11.6 Å². The number of nitrogens with one attached hydrogen (secondary N) is 3. The molecule has 0 heterocycles. The third kappa shape index (κ3) is 9.74. The summed E-state index contributed by atoms with van der Waals surface area (Å²) >= 11 is 0. The first kappa shape index (κ1) is 29.7. The second-order valence-corrected chi connectivity index (χ2v) is 11.0. The van der Waals surface area contributed by atoms with E-state index in [-0.39, 0.29) is 23.7 Å². The van der Waals surface area contributed by atoms with Gasteiger partial charge in [0, 0.05) is 18.9 Å². The SMILES string of the molecule is CC(C)(C)OC(=O)NC(Cc1ccccc1)C(=O)NCC1CCC(C(=O)NC(C(=O)O)c2ccccc2)CC1. The van der Waals surface area contributed by atoms with Gasteiger partial charge in [0.25, 0.3) is 0 Å². The predicted molar refractivity (Wildman–Crippen MR) is 147 cm³/mol. The molecule has 0 bridgehead atoms. The first-order valence-electron chi connectivity index (χ1n) is 13.4. The molecule has 1 saturated carbocycles. The molecule has 0 radical (unpaired) electrons. The number of benzene rings is 2. The molecule has 2 unspecified atom stereocenters. The molecule has 9 nitrogen and oxygen atoms in total. The smallest absolute Gasteiger partial charge is 0.408 e. The first-order chi connectivity index (χ1) is 18.5. The van der Waals surface area contributed by atoms with Crippen LogP contribution in [0.15, 0.2) is 60.7 Å². The van der Waals surface area contributed by atoms with Gasteiger partial charge in [-0.25, -0.2) is 9.59 Å². The Morgan fingerprint density at radius 1 is 0.897 bits per heavy atom. The average molecular weight is 538 g/mol. The number of hydrogen-bond acceptors (Lipinski definition) is 5. The number of carbonyl (C=O) groups excluding carboxylic acids is 3. The van der Waals surface area contributed by atoms with Crippen LogP contribution in [0.25, 0.3) is 0 Å². The third-order valence-corrected chi connectivity index (χ3v) is 6.74. The van der Waals surface area contributed by atoms with Crippen LogP contribution in [-0.4, -0.2) is 47.2 Å². The Balaban J connectivity index is 1.51. The lowest BCUT2D eigenvalue weighted by Gasteiger charge is -2.29. The quantitative estimate of drug-likeness (QED) is 0.362. The molecule has 0 spiro atoms. The lowest BCUT2D eigenvalue weighted by atomic mass is 9.81. The van der Waals surface area contributed by atoms with Crippen molar-refractivity contribution < 1.29 is 29.0 Å². The predicted octanol–water partition coefficient (Wildman–Crippen LogP) is 3.99. The number of aliphatic carboxylic acids is 1. The number of amides is 3. The van der Waals surface area contributed by atoms with E-state index in [2.05, 4.69) is 16.0 Å². The van der Waals surface area contributed by atoms with Crippen LogP contribution >= 0.6 is 0 Å². The molecule has 39 heavy (non-hydrogen) atoms. The van der Waals surface area contributed by atoms with Gasteiger partial charge in [0.05, 0.1) is 0 Å². The molecule has 2 aromatic rings. The van der Waals surface area contributed by atoms with Crippen molar-refractivity contribution in [2.45, 2.75) is 70.6 Å². The second kappa shape index (κ2) is 13.8. The molecular weight excluding hydrogens is 498 g/mol. The van der Waals surface area contributed by atoms with Crippen LogP contribution in [0.2, 0.25) is 0 Å². The number of ether oxygens (including phenoxy) is 1. The average Bonchev–Trinajstić information content (AvgIpc) is 2.90. The lowest BCUT2D eigenvalue weighted by Crippen LogP contribution is -2.50. The van der Waals surface area contributed by atoms with Gasteiger partial charge in [-0.3, -0.25) is 9.59 Å². The molecule has 210 valence electrons. The Hall–Kier alpha value is -3.88. The van der Waals surface area contributed by atoms with E-state index in [0.29, 0.717) is 31.4 Å². The van der Waals surface area contributed by atoms with Crippen LogP contribution in [0.4, 0.5) is 4.79 Å². The standard InChI is InChI=1S/C30H39N3O6/c1-30(2,3)39-29(38)32-24(18-20-10-6-4-7-11-20)27(35)31-19-21-14-16-23(17-15-21)26(34)33-25(28(36)37)22-12-8-5-9-13-22/h4-13,21,23-25H,14-19H2,1-3H3,(H,31,35)(H,32,38)(H,33,34)(H,36,37). The summed E-state index contributed by atoms with van der Waals surface area (Å²) < 4.78 is 5.35. The fourth-order valence-corrected chi connectivity index (χ4v) is 4.70. The summed E-state index contributed by atoms with van der Waals surface area (Å²) in [5.74, 6) is -1.76. The Morgan fingerprint density at radius 3 is 2.05 bits per heavy atom. The zero-order valence-electron chi connectivity index (χ0n) is 22.8. The summed E-state index contributed by atoms with van der Waals surface area (Å²) in [4.78, 5) is 50.0. The molecule has 0 aromatic heterocycles. The minimum absolute atomic E-state index is 0.182. The monoisotopic (exact) mass is 537 g/mol. The molecule has 9 heteroatoms. The van der Waals surface area contributed by atoms with Gasteiger partial charge in [0.2, 0.25) is 11.8 Å². The van der Waals surface area contributed by atoms with E-state index in [1.807, 2.05) is 30.3 Å². The molecule has 3 rings (SSSR count). The van der Waals surface area contributed by atoms with E-state index in [4.69, 9.17) is 4.74 Å². The van der Waals surface area contributed by atoms with Gasteiger partial charge < -0.3 is 25.8 Å². The molecule has 2 aromatic carbocycles. The lowest BCUT2D eigenvalue weighted by molar-refractivity contribution is -0.143. The minimum Gasteiger partial charge on any atom is -0.479 e. The van der Waals surface area contributed by atoms with Crippen LogP contribution in [0.3, 0.4) is 0 Å². The summed E-state index contributed by atoms with van der Waals surface area (Å²) in [5, 5.41) is 17.9. The molecule has 1 aliphatic rings. The van der Waals surface area contributed by atoms with Crippen molar-refractivity contribution in [2.75, 3.05) is 6.54 Å². The van der Waals surface area contributed by atoms with E-state index < -0.39 is 29.7 Å². The summed E-state index contributed by atoms with van der Waals surface area (Å²) in [6.45, 7) is 5.72. The van der Waals surface area contributed by atoms with Crippen LogP contribution in [-0.2, 0) is 25.5 Å². The Kier molecular flexibility index (Phi) is 10.5. The van der Waals surface area contributed by atoms with E-state index in [1.165, 1.54) is 0 Å². The molecular formula is C30H39N3O6. The van der Waals surface area contributed by atoms with Crippen molar-refractivity contribution in [3.63, 3.8) is 0 Å². The summed E-state index contributed by atoms with van der Waals surface area (Å²) in [6.07, 6.45) is 2.34. The van der Waals surface area contributed by atoms with Crippen molar-refractivity contribution in [3.8, 4) is 0 Å².